The molecule has 0 saturated heterocycles. The Kier molecular flexibility index (Phi) is 6.38. The van der Waals surface area contributed by atoms with Crippen molar-refractivity contribution in [2.75, 3.05) is 20.6 Å². The molecule has 0 fully saturated rings. The summed E-state index contributed by atoms with van der Waals surface area (Å²) < 4.78 is 0. The quantitative estimate of drug-likeness (QED) is 0.730. The van der Waals surface area contributed by atoms with E-state index in [0.717, 1.165) is 12.1 Å². The summed E-state index contributed by atoms with van der Waals surface area (Å²) in [5.74, 6) is 0.0389. The first kappa shape index (κ1) is 18.5. The second-order valence-corrected chi connectivity index (χ2v) is 6.33. The van der Waals surface area contributed by atoms with E-state index in [-0.39, 0.29) is 18.3 Å². The smallest absolute Gasteiger partial charge is 0.0870 e. The van der Waals surface area contributed by atoms with Gasteiger partial charge in [0.2, 0.25) is 0 Å². The van der Waals surface area contributed by atoms with Crippen LogP contribution in [-0.2, 0) is 0 Å². The molecule has 0 heterocycles. The first-order valence-electron chi connectivity index (χ1n) is 8.01. The van der Waals surface area contributed by atoms with Crippen LogP contribution in [0, 0.1) is 0 Å². The van der Waals surface area contributed by atoms with Crippen molar-refractivity contribution in [2.24, 2.45) is 0 Å². The van der Waals surface area contributed by atoms with Crippen LogP contribution in [-0.4, -0.2) is 30.6 Å². The second kappa shape index (κ2) is 8.29. The third kappa shape index (κ3) is 4.15. The Hall–Kier alpha value is -1.87. The van der Waals surface area contributed by atoms with Crippen LogP contribution < -0.4 is 0 Å². The van der Waals surface area contributed by atoms with Crippen molar-refractivity contribution in [3.63, 3.8) is 0 Å². The van der Waals surface area contributed by atoms with E-state index in [1.165, 1.54) is 16.3 Å². The van der Waals surface area contributed by atoms with Crippen molar-refractivity contribution < 1.29 is 5.11 Å². The van der Waals surface area contributed by atoms with Crippen LogP contribution in [0.15, 0.2) is 72.8 Å². The minimum Gasteiger partial charge on any atom is -0.388 e. The SMILES string of the molecule is CN(C)C[C@@H](c1ccc2ccccc2c1)[C@@H](O)c1ccccc1.Cl. The topological polar surface area (TPSA) is 23.5 Å². The lowest BCUT2D eigenvalue weighted by molar-refractivity contribution is 0.129. The van der Waals surface area contributed by atoms with Gasteiger partial charge in [-0.25, -0.2) is 0 Å². The molecule has 3 rings (SSSR count). The van der Waals surface area contributed by atoms with Crippen molar-refractivity contribution in [1.29, 1.82) is 0 Å². The minimum absolute atomic E-state index is 0. The number of benzene rings is 3. The second-order valence-electron chi connectivity index (χ2n) is 6.33. The Bertz CT molecular complexity index is 773. The third-order valence-electron chi connectivity index (χ3n) is 4.29. The average molecular weight is 342 g/mol. The molecule has 3 heteroatoms. The van der Waals surface area contributed by atoms with Crippen molar-refractivity contribution in [1.82, 2.24) is 4.90 Å². The molecule has 3 aromatic carbocycles. The van der Waals surface area contributed by atoms with Gasteiger partial charge in [0.15, 0.2) is 0 Å². The first-order valence-corrected chi connectivity index (χ1v) is 8.01. The fourth-order valence-electron chi connectivity index (χ4n) is 3.10. The molecule has 0 aliphatic rings. The molecule has 0 aliphatic heterocycles. The summed E-state index contributed by atoms with van der Waals surface area (Å²) in [7, 11) is 4.09. The summed E-state index contributed by atoms with van der Waals surface area (Å²) in [6, 6.07) is 24.8. The highest BCUT2D eigenvalue weighted by molar-refractivity contribution is 5.85. The fourth-order valence-corrected chi connectivity index (χ4v) is 3.10. The number of rotatable bonds is 5. The molecule has 0 radical (unpaired) electrons. The maximum absolute atomic E-state index is 10.9. The van der Waals surface area contributed by atoms with Crippen molar-refractivity contribution in [3.8, 4) is 0 Å². The van der Waals surface area contributed by atoms with Gasteiger partial charge in [-0.05, 0) is 36.0 Å². The van der Waals surface area contributed by atoms with Gasteiger partial charge in [-0.15, -0.1) is 12.4 Å². The minimum atomic E-state index is -0.514. The summed E-state index contributed by atoms with van der Waals surface area (Å²) in [5, 5.41) is 13.4. The molecule has 0 bridgehead atoms. The predicted molar refractivity (Wildman–Crippen MR) is 104 cm³/mol. The van der Waals surface area contributed by atoms with Gasteiger partial charge in [0.25, 0.3) is 0 Å². The molecule has 2 nitrogen and oxygen atoms in total. The summed E-state index contributed by atoms with van der Waals surface area (Å²) in [6.45, 7) is 0.800. The van der Waals surface area contributed by atoms with E-state index in [2.05, 4.69) is 47.4 Å². The lowest BCUT2D eigenvalue weighted by Gasteiger charge is -2.27. The zero-order chi connectivity index (χ0) is 16.2. The van der Waals surface area contributed by atoms with E-state index in [0.29, 0.717) is 0 Å². The fraction of sp³-hybridized carbons (Fsp3) is 0.238. The standard InChI is InChI=1S/C21H23NO.ClH/c1-22(2)15-20(21(23)17-9-4-3-5-10-17)19-13-12-16-8-6-7-11-18(16)14-19;/h3-14,20-21,23H,15H2,1-2H3;1H/t20-,21-;/m0./s1. The number of hydrogen-bond acceptors (Lipinski definition) is 2. The summed E-state index contributed by atoms with van der Waals surface area (Å²) in [5.41, 5.74) is 2.14. The number of halogens is 1. The highest BCUT2D eigenvalue weighted by Gasteiger charge is 2.23. The van der Waals surface area contributed by atoms with Gasteiger partial charge in [0, 0.05) is 12.5 Å². The highest BCUT2D eigenvalue weighted by Crippen LogP contribution is 2.33. The number of aliphatic hydroxyl groups is 1. The number of aliphatic hydroxyl groups excluding tert-OH is 1. The van der Waals surface area contributed by atoms with E-state index in [1.807, 2.05) is 44.4 Å². The zero-order valence-electron chi connectivity index (χ0n) is 14.1. The third-order valence-corrected chi connectivity index (χ3v) is 4.29. The Morgan fingerprint density at radius 3 is 2.08 bits per heavy atom. The molecule has 0 unspecified atom stereocenters. The molecule has 3 aromatic rings. The van der Waals surface area contributed by atoms with Crippen LogP contribution >= 0.6 is 12.4 Å². The van der Waals surface area contributed by atoms with E-state index in [4.69, 9.17) is 0 Å². The summed E-state index contributed by atoms with van der Waals surface area (Å²) >= 11 is 0. The van der Waals surface area contributed by atoms with Crippen LogP contribution in [0.2, 0.25) is 0 Å². The highest BCUT2D eigenvalue weighted by atomic mass is 35.5. The van der Waals surface area contributed by atoms with Crippen molar-refractivity contribution in [3.05, 3.63) is 83.9 Å². The maximum Gasteiger partial charge on any atom is 0.0870 e. The molecular formula is C21H24ClNO. The summed E-state index contributed by atoms with van der Waals surface area (Å²) in [6.07, 6.45) is -0.514. The number of nitrogens with zero attached hydrogens (tertiary/aromatic N) is 1. The predicted octanol–water partition coefficient (Wildman–Crippen LogP) is 4.64. The molecule has 0 saturated carbocycles. The Labute approximate surface area is 150 Å². The van der Waals surface area contributed by atoms with Gasteiger partial charge in [0.05, 0.1) is 6.10 Å². The first-order chi connectivity index (χ1) is 11.1. The maximum atomic E-state index is 10.9. The van der Waals surface area contributed by atoms with E-state index in [1.54, 1.807) is 0 Å². The number of hydrogen-bond donors (Lipinski definition) is 1. The average Bonchev–Trinajstić information content (AvgIpc) is 2.59. The Morgan fingerprint density at radius 1 is 0.792 bits per heavy atom. The van der Waals surface area contributed by atoms with Crippen molar-refractivity contribution >= 4 is 23.2 Å². The van der Waals surface area contributed by atoms with Crippen LogP contribution in [0.25, 0.3) is 10.8 Å². The largest absolute Gasteiger partial charge is 0.388 e. The molecule has 0 aromatic heterocycles. The van der Waals surface area contributed by atoms with Gasteiger partial charge >= 0.3 is 0 Å². The lowest BCUT2D eigenvalue weighted by Crippen LogP contribution is -2.25. The van der Waals surface area contributed by atoms with Crippen LogP contribution in [0.3, 0.4) is 0 Å². The monoisotopic (exact) mass is 341 g/mol. The van der Waals surface area contributed by atoms with E-state index >= 15 is 0 Å². The molecule has 0 amide bonds. The summed E-state index contributed by atoms with van der Waals surface area (Å²) in [4.78, 5) is 2.13. The zero-order valence-corrected chi connectivity index (χ0v) is 14.9. The molecule has 2 atom stereocenters. The molecular weight excluding hydrogens is 318 g/mol. The normalized spacial score (nSPS) is 13.5. The van der Waals surface area contributed by atoms with Crippen LogP contribution in [0.1, 0.15) is 23.1 Å². The lowest BCUT2D eigenvalue weighted by atomic mass is 9.87. The van der Waals surface area contributed by atoms with Crippen LogP contribution in [0.5, 0.6) is 0 Å². The van der Waals surface area contributed by atoms with Crippen LogP contribution in [0.4, 0.5) is 0 Å². The number of likely N-dealkylation sites (N-methyl/N-ethyl adjacent to an activating group) is 1. The van der Waals surface area contributed by atoms with Gasteiger partial charge in [-0.3, -0.25) is 0 Å². The van der Waals surface area contributed by atoms with Gasteiger partial charge in [-0.2, -0.15) is 0 Å². The molecule has 126 valence electrons. The Morgan fingerprint density at radius 2 is 1.42 bits per heavy atom. The molecule has 0 aliphatic carbocycles. The van der Waals surface area contributed by atoms with E-state index in [9.17, 15) is 5.11 Å². The molecule has 24 heavy (non-hydrogen) atoms. The van der Waals surface area contributed by atoms with Gasteiger partial charge in [0.1, 0.15) is 0 Å². The van der Waals surface area contributed by atoms with Crippen molar-refractivity contribution in [2.45, 2.75) is 12.0 Å². The van der Waals surface area contributed by atoms with Gasteiger partial charge < -0.3 is 10.0 Å². The molecule has 1 N–H and O–H groups in total. The Balaban J connectivity index is 0.00000208. The van der Waals surface area contributed by atoms with E-state index < -0.39 is 6.10 Å². The number of fused-ring (bicyclic) bond motifs is 1. The molecule has 0 spiro atoms. The van der Waals surface area contributed by atoms with Gasteiger partial charge in [-0.1, -0.05) is 72.8 Å².